The first-order chi connectivity index (χ1) is 12.6. The van der Waals surface area contributed by atoms with Crippen LogP contribution in [0.4, 0.5) is 13.2 Å². The van der Waals surface area contributed by atoms with E-state index in [0.717, 1.165) is 17.8 Å². The van der Waals surface area contributed by atoms with Gasteiger partial charge in [-0.25, -0.2) is 23.1 Å². The highest BCUT2D eigenvalue weighted by molar-refractivity contribution is 5.64. The van der Waals surface area contributed by atoms with E-state index < -0.39 is 11.6 Å². The van der Waals surface area contributed by atoms with Crippen LogP contribution in [-0.2, 0) is 0 Å². The van der Waals surface area contributed by atoms with Crippen molar-refractivity contribution in [3.63, 3.8) is 0 Å². The average molecular weight is 351 g/mol. The molecule has 0 aliphatic carbocycles. The minimum Gasteiger partial charge on any atom is -0.306 e. The summed E-state index contributed by atoms with van der Waals surface area (Å²) < 4.78 is 41.4. The van der Waals surface area contributed by atoms with E-state index in [0.29, 0.717) is 22.6 Å². The first-order valence-electron chi connectivity index (χ1n) is 7.83. The zero-order chi connectivity index (χ0) is 18.1. The molecule has 128 valence electrons. The molecule has 0 saturated heterocycles. The quantitative estimate of drug-likeness (QED) is 0.519. The molecule has 0 radical (unpaired) electrons. The molecule has 4 rings (SSSR count). The van der Waals surface area contributed by atoms with Gasteiger partial charge in [0.05, 0.1) is 17.7 Å². The van der Waals surface area contributed by atoms with Crippen molar-refractivity contribution in [1.82, 2.24) is 14.5 Å². The maximum absolute atomic E-state index is 13.5. The van der Waals surface area contributed by atoms with Crippen molar-refractivity contribution in [3.05, 3.63) is 90.6 Å². The summed E-state index contributed by atoms with van der Waals surface area (Å²) >= 11 is 0. The lowest BCUT2D eigenvalue weighted by molar-refractivity contribution is 0.509. The molecule has 0 fully saturated rings. The number of hydrogen-bond acceptors (Lipinski definition) is 2. The van der Waals surface area contributed by atoms with Crippen LogP contribution in [0.5, 0.6) is 0 Å². The highest BCUT2D eigenvalue weighted by atomic mass is 19.2. The van der Waals surface area contributed by atoms with E-state index in [2.05, 4.69) is 9.97 Å². The molecule has 0 atom stereocenters. The summed E-state index contributed by atoms with van der Waals surface area (Å²) in [6, 6.07) is 15.0. The second-order valence-electron chi connectivity index (χ2n) is 5.68. The Hall–Kier alpha value is -3.41. The van der Waals surface area contributed by atoms with Crippen LogP contribution < -0.4 is 0 Å². The van der Waals surface area contributed by atoms with Crippen LogP contribution in [0.15, 0.2) is 73.2 Å². The summed E-state index contributed by atoms with van der Waals surface area (Å²) in [5.41, 5.74) is 2.95. The van der Waals surface area contributed by atoms with Gasteiger partial charge in [0.15, 0.2) is 11.6 Å². The molecule has 4 aromatic rings. The Labute approximate surface area is 147 Å². The summed E-state index contributed by atoms with van der Waals surface area (Å²) in [4.78, 5) is 8.80. The second kappa shape index (κ2) is 6.48. The van der Waals surface area contributed by atoms with Crippen molar-refractivity contribution in [1.29, 1.82) is 0 Å². The zero-order valence-corrected chi connectivity index (χ0v) is 13.4. The monoisotopic (exact) mass is 351 g/mol. The molecule has 2 aromatic heterocycles. The predicted octanol–water partition coefficient (Wildman–Crippen LogP) is 5.02. The van der Waals surface area contributed by atoms with Crippen LogP contribution >= 0.6 is 0 Å². The van der Waals surface area contributed by atoms with Gasteiger partial charge in [-0.05, 0) is 54.6 Å². The van der Waals surface area contributed by atoms with E-state index in [9.17, 15) is 13.2 Å². The van der Waals surface area contributed by atoms with Crippen molar-refractivity contribution >= 4 is 0 Å². The molecule has 0 N–H and O–H groups in total. The molecule has 0 aliphatic rings. The van der Waals surface area contributed by atoms with Gasteiger partial charge in [0.2, 0.25) is 0 Å². The maximum atomic E-state index is 13.5. The average Bonchev–Trinajstić information content (AvgIpc) is 3.15. The summed E-state index contributed by atoms with van der Waals surface area (Å²) in [5.74, 6) is -2.13. The predicted molar refractivity (Wildman–Crippen MR) is 92.1 cm³/mol. The number of aromatic nitrogens is 3. The summed E-state index contributed by atoms with van der Waals surface area (Å²) in [6.07, 6.45) is 3.37. The van der Waals surface area contributed by atoms with Crippen molar-refractivity contribution in [2.24, 2.45) is 0 Å². The Morgan fingerprint density at radius 1 is 0.731 bits per heavy atom. The zero-order valence-electron chi connectivity index (χ0n) is 13.4. The molecule has 0 amide bonds. The minimum atomic E-state index is -0.921. The lowest BCUT2D eigenvalue weighted by Crippen LogP contribution is -1.91. The standard InChI is InChI=1S/C20H12F3N3/c21-14-5-7-15(8-6-14)26-11-20(24-12-26)19-3-1-2-18(25-19)13-4-9-16(22)17(23)10-13/h1-12H. The SMILES string of the molecule is Fc1ccc(-n2cnc(-c3cccc(-c4ccc(F)c(F)c4)n3)c2)cc1. The molecular weight excluding hydrogens is 339 g/mol. The van der Waals surface area contributed by atoms with Crippen molar-refractivity contribution in [2.45, 2.75) is 0 Å². The number of nitrogens with zero attached hydrogens (tertiary/aromatic N) is 3. The molecule has 0 unspecified atom stereocenters. The van der Waals surface area contributed by atoms with E-state index in [1.165, 1.54) is 18.2 Å². The van der Waals surface area contributed by atoms with Crippen molar-refractivity contribution < 1.29 is 13.2 Å². The van der Waals surface area contributed by atoms with Crippen molar-refractivity contribution in [2.75, 3.05) is 0 Å². The fourth-order valence-corrected chi connectivity index (χ4v) is 2.60. The maximum Gasteiger partial charge on any atom is 0.159 e. The van der Waals surface area contributed by atoms with Crippen LogP contribution in [0.3, 0.4) is 0 Å². The van der Waals surface area contributed by atoms with Gasteiger partial charge in [0.25, 0.3) is 0 Å². The van der Waals surface area contributed by atoms with E-state index in [1.54, 1.807) is 47.4 Å². The Bertz CT molecular complexity index is 1070. The third-order valence-electron chi connectivity index (χ3n) is 3.93. The molecule has 2 aromatic carbocycles. The molecule has 0 saturated carbocycles. The highest BCUT2D eigenvalue weighted by Gasteiger charge is 2.09. The van der Waals surface area contributed by atoms with Gasteiger partial charge in [-0.2, -0.15) is 0 Å². The van der Waals surface area contributed by atoms with Gasteiger partial charge in [-0.15, -0.1) is 0 Å². The summed E-state index contributed by atoms with van der Waals surface area (Å²) in [7, 11) is 0. The second-order valence-corrected chi connectivity index (χ2v) is 5.68. The van der Waals surface area contributed by atoms with Crippen LogP contribution in [0.2, 0.25) is 0 Å². The topological polar surface area (TPSA) is 30.7 Å². The Balaban J connectivity index is 1.68. The lowest BCUT2D eigenvalue weighted by Gasteiger charge is -2.04. The Morgan fingerprint density at radius 3 is 2.27 bits per heavy atom. The Morgan fingerprint density at radius 2 is 1.50 bits per heavy atom. The van der Waals surface area contributed by atoms with Crippen LogP contribution in [0, 0.1) is 17.5 Å². The molecule has 2 heterocycles. The van der Waals surface area contributed by atoms with Gasteiger partial charge >= 0.3 is 0 Å². The molecule has 6 heteroatoms. The van der Waals surface area contributed by atoms with E-state index in [1.807, 2.05) is 0 Å². The van der Waals surface area contributed by atoms with Gasteiger partial charge in [0.1, 0.15) is 11.5 Å². The number of imidazole rings is 1. The van der Waals surface area contributed by atoms with E-state index in [4.69, 9.17) is 0 Å². The molecule has 0 aliphatic heterocycles. The minimum absolute atomic E-state index is 0.310. The fraction of sp³-hybridized carbons (Fsp3) is 0. The number of rotatable bonds is 3. The van der Waals surface area contributed by atoms with Gasteiger partial charge in [-0.1, -0.05) is 6.07 Å². The van der Waals surface area contributed by atoms with Gasteiger partial charge in [-0.3, -0.25) is 0 Å². The Kier molecular flexibility index (Phi) is 4.01. The number of benzene rings is 2. The van der Waals surface area contributed by atoms with Crippen molar-refractivity contribution in [3.8, 4) is 28.3 Å². The normalized spacial score (nSPS) is 10.9. The molecule has 3 nitrogen and oxygen atoms in total. The highest BCUT2D eigenvalue weighted by Crippen LogP contribution is 2.24. The van der Waals surface area contributed by atoms with Crippen LogP contribution in [0.1, 0.15) is 0 Å². The van der Waals surface area contributed by atoms with Gasteiger partial charge in [0, 0.05) is 17.4 Å². The first kappa shape index (κ1) is 16.1. The molecule has 0 spiro atoms. The fourth-order valence-electron chi connectivity index (χ4n) is 2.60. The van der Waals surface area contributed by atoms with Gasteiger partial charge < -0.3 is 4.57 Å². The number of hydrogen-bond donors (Lipinski definition) is 0. The molecule has 26 heavy (non-hydrogen) atoms. The van der Waals surface area contributed by atoms with Crippen LogP contribution in [-0.4, -0.2) is 14.5 Å². The number of halogens is 3. The molecular formula is C20H12F3N3. The largest absolute Gasteiger partial charge is 0.306 e. The lowest BCUT2D eigenvalue weighted by atomic mass is 10.1. The third-order valence-corrected chi connectivity index (χ3v) is 3.93. The van der Waals surface area contributed by atoms with E-state index in [-0.39, 0.29) is 5.82 Å². The third kappa shape index (κ3) is 3.09. The van der Waals surface area contributed by atoms with E-state index >= 15 is 0 Å². The summed E-state index contributed by atoms with van der Waals surface area (Å²) in [6.45, 7) is 0. The molecule has 0 bridgehead atoms. The smallest absolute Gasteiger partial charge is 0.159 e. The first-order valence-corrected chi connectivity index (χ1v) is 7.83. The summed E-state index contributed by atoms with van der Waals surface area (Å²) in [5, 5.41) is 0. The van der Waals surface area contributed by atoms with Crippen LogP contribution in [0.25, 0.3) is 28.3 Å². The number of pyridine rings is 1.